The largest absolute Gasteiger partial charge is 0.361 e. The molecule has 0 aliphatic rings. The molecule has 0 spiro atoms. The van der Waals surface area contributed by atoms with Crippen LogP contribution in [0.2, 0.25) is 0 Å². The standard InChI is InChI=1S/C38H41N3OS2/c1-11-25-18-32(43-30(25)14-4)35(37-20(6)27(13-3)22(8)39-37)28-16-17-29(41-28)36(33-19-26(12-2)31(15-5)44-33)38-21(7)34(24(10)42)23(9)40-38/h11-12,14-19,35-36,39-41H,1-2,4-5,13H2,3,6-10H3. The summed E-state index contributed by atoms with van der Waals surface area (Å²) < 4.78 is 0. The minimum atomic E-state index is -0.137. The molecule has 0 amide bonds. The number of hydrogen-bond acceptors (Lipinski definition) is 3. The second-order valence-electron chi connectivity index (χ2n) is 11.3. The van der Waals surface area contributed by atoms with E-state index in [1.54, 1.807) is 29.6 Å². The van der Waals surface area contributed by atoms with Gasteiger partial charge in [0.05, 0.1) is 11.8 Å². The first kappa shape index (κ1) is 31.3. The van der Waals surface area contributed by atoms with Crippen molar-refractivity contribution in [1.82, 2.24) is 15.0 Å². The first-order valence-electron chi connectivity index (χ1n) is 14.9. The number of aryl methyl sites for hydroxylation is 2. The number of aromatic nitrogens is 3. The number of hydrogen-bond donors (Lipinski definition) is 3. The number of aromatic amines is 3. The Morgan fingerprint density at radius 3 is 1.59 bits per heavy atom. The van der Waals surface area contributed by atoms with Crippen molar-refractivity contribution in [2.24, 2.45) is 0 Å². The van der Waals surface area contributed by atoms with E-state index in [2.05, 4.69) is 86.3 Å². The molecule has 0 aliphatic heterocycles. The Labute approximate surface area is 269 Å². The van der Waals surface area contributed by atoms with Crippen molar-refractivity contribution in [3.63, 3.8) is 0 Å². The lowest BCUT2D eigenvalue weighted by Gasteiger charge is -2.18. The molecule has 4 nitrogen and oxygen atoms in total. The third-order valence-corrected chi connectivity index (χ3v) is 11.2. The molecule has 0 aromatic carbocycles. The third-order valence-electron chi connectivity index (χ3n) is 8.74. The molecule has 0 radical (unpaired) electrons. The predicted octanol–water partition coefficient (Wildman–Crippen LogP) is 10.7. The zero-order valence-electron chi connectivity index (χ0n) is 26.5. The van der Waals surface area contributed by atoms with Crippen LogP contribution in [-0.4, -0.2) is 20.7 Å². The summed E-state index contributed by atoms with van der Waals surface area (Å²) in [7, 11) is 0. The van der Waals surface area contributed by atoms with Gasteiger partial charge in [0.15, 0.2) is 5.78 Å². The van der Waals surface area contributed by atoms with E-state index in [0.29, 0.717) is 0 Å². The van der Waals surface area contributed by atoms with Crippen molar-refractivity contribution in [3.8, 4) is 0 Å². The number of rotatable bonds is 12. The zero-order valence-corrected chi connectivity index (χ0v) is 28.2. The van der Waals surface area contributed by atoms with Gasteiger partial charge in [-0.05, 0) is 93.1 Å². The number of Topliss-reactive ketones (excluding diaryl/α,β-unsaturated/α-hetero) is 1. The molecular weight excluding hydrogens is 579 g/mol. The van der Waals surface area contributed by atoms with Crippen molar-refractivity contribution in [2.75, 3.05) is 0 Å². The fourth-order valence-electron chi connectivity index (χ4n) is 6.70. The molecule has 0 bridgehead atoms. The highest BCUT2D eigenvalue weighted by atomic mass is 32.1. The molecule has 2 unspecified atom stereocenters. The lowest BCUT2D eigenvalue weighted by Crippen LogP contribution is -2.08. The lowest BCUT2D eigenvalue weighted by molar-refractivity contribution is 0.101. The molecule has 5 aromatic heterocycles. The SMILES string of the molecule is C=Cc1cc(C(c2ccc(C(c3cc(C=C)c(C=C)s3)c3[nH]c(C)c(C(C)=O)c3C)[nH]2)c2[nH]c(C)c(CC)c2C)sc1C=C. The Balaban J connectivity index is 1.74. The molecule has 0 saturated heterocycles. The summed E-state index contributed by atoms with van der Waals surface area (Å²) in [4.78, 5) is 28.5. The molecule has 0 fully saturated rings. The van der Waals surface area contributed by atoms with Gasteiger partial charge in [-0.25, -0.2) is 0 Å². The number of carbonyl (C=O) groups is 1. The molecule has 6 heteroatoms. The maximum absolute atomic E-state index is 12.7. The summed E-state index contributed by atoms with van der Waals surface area (Å²) in [6.45, 7) is 28.5. The quantitative estimate of drug-likeness (QED) is 0.120. The van der Waals surface area contributed by atoms with Gasteiger partial charge in [0.2, 0.25) is 0 Å². The van der Waals surface area contributed by atoms with Crippen LogP contribution >= 0.6 is 22.7 Å². The highest BCUT2D eigenvalue weighted by Gasteiger charge is 2.31. The first-order valence-corrected chi connectivity index (χ1v) is 16.5. The first-order chi connectivity index (χ1) is 21.1. The molecular formula is C38H41N3OS2. The summed E-state index contributed by atoms with van der Waals surface area (Å²) >= 11 is 3.46. The van der Waals surface area contributed by atoms with Gasteiger partial charge in [0, 0.05) is 59.2 Å². The molecule has 0 saturated carbocycles. The van der Waals surface area contributed by atoms with E-state index in [-0.39, 0.29) is 17.6 Å². The van der Waals surface area contributed by atoms with Crippen molar-refractivity contribution in [3.05, 3.63) is 138 Å². The summed E-state index contributed by atoms with van der Waals surface area (Å²) in [5, 5.41) is 0. The average molecular weight is 620 g/mol. The molecule has 0 aliphatic carbocycles. The van der Waals surface area contributed by atoms with Gasteiger partial charge in [-0.3, -0.25) is 4.79 Å². The lowest BCUT2D eigenvalue weighted by atomic mass is 9.94. The van der Waals surface area contributed by atoms with Crippen molar-refractivity contribution in [1.29, 1.82) is 0 Å². The monoisotopic (exact) mass is 619 g/mol. The fourth-order valence-corrected chi connectivity index (χ4v) is 8.99. The molecule has 226 valence electrons. The minimum Gasteiger partial charge on any atom is -0.361 e. The van der Waals surface area contributed by atoms with Crippen LogP contribution in [-0.2, 0) is 6.42 Å². The third kappa shape index (κ3) is 5.27. The highest BCUT2D eigenvalue weighted by Crippen LogP contribution is 2.44. The van der Waals surface area contributed by atoms with Crippen LogP contribution in [0.25, 0.3) is 24.3 Å². The van der Waals surface area contributed by atoms with Crippen molar-refractivity contribution >= 4 is 52.8 Å². The van der Waals surface area contributed by atoms with Crippen molar-refractivity contribution in [2.45, 2.75) is 59.8 Å². The summed E-state index contributed by atoms with van der Waals surface area (Å²) in [6, 6.07) is 8.84. The van der Waals surface area contributed by atoms with E-state index in [1.165, 1.54) is 27.4 Å². The van der Waals surface area contributed by atoms with Gasteiger partial charge >= 0.3 is 0 Å². The molecule has 3 N–H and O–H groups in total. The second-order valence-corrected chi connectivity index (χ2v) is 13.6. The Bertz CT molecular complexity index is 1860. The van der Waals surface area contributed by atoms with Crippen LogP contribution in [0, 0.1) is 27.7 Å². The Kier molecular flexibility index (Phi) is 8.87. The van der Waals surface area contributed by atoms with Gasteiger partial charge in [-0.2, -0.15) is 0 Å². The van der Waals surface area contributed by atoms with Crippen LogP contribution in [0.1, 0.15) is 118 Å². The molecule has 5 aromatic rings. The minimum absolute atomic E-state index is 0.0316. The van der Waals surface area contributed by atoms with Crippen LogP contribution in [0.4, 0.5) is 0 Å². The molecule has 44 heavy (non-hydrogen) atoms. The van der Waals surface area contributed by atoms with E-state index < -0.39 is 0 Å². The maximum Gasteiger partial charge on any atom is 0.161 e. The average Bonchev–Trinajstić information content (AvgIpc) is 3.82. The predicted molar refractivity (Wildman–Crippen MR) is 192 cm³/mol. The summed E-state index contributed by atoms with van der Waals surface area (Å²) in [5.41, 5.74) is 13.0. The van der Waals surface area contributed by atoms with Gasteiger partial charge in [-0.15, -0.1) is 22.7 Å². The van der Waals surface area contributed by atoms with E-state index in [1.807, 2.05) is 38.2 Å². The summed E-state index contributed by atoms with van der Waals surface area (Å²) in [6.07, 6.45) is 8.56. The van der Waals surface area contributed by atoms with Crippen LogP contribution in [0.3, 0.4) is 0 Å². The number of thiophene rings is 2. The van der Waals surface area contributed by atoms with Crippen LogP contribution < -0.4 is 0 Å². The van der Waals surface area contributed by atoms with E-state index in [0.717, 1.165) is 66.1 Å². The highest BCUT2D eigenvalue weighted by molar-refractivity contribution is 7.13. The number of ketones is 1. The maximum atomic E-state index is 12.7. The Morgan fingerprint density at radius 2 is 1.23 bits per heavy atom. The fraction of sp³-hybridized carbons (Fsp3) is 0.237. The van der Waals surface area contributed by atoms with E-state index in [4.69, 9.17) is 0 Å². The van der Waals surface area contributed by atoms with Crippen LogP contribution in [0.5, 0.6) is 0 Å². The van der Waals surface area contributed by atoms with E-state index >= 15 is 0 Å². The van der Waals surface area contributed by atoms with Crippen molar-refractivity contribution < 1.29 is 4.79 Å². The van der Waals surface area contributed by atoms with Crippen LogP contribution in [0.15, 0.2) is 50.6 Å². The van der Waals surface area contributed by atoms with E-state index in [9.17, 15) is 4.79 Å². The molecule has 2 atom stereocenters. The topological polar surface area (TPSA) is 64.4 Å². The molecule has 5 rings (SSSR count). The van der Waals surface area contributed by atoms with Gasteiger partial charge in [0.1, 0.15) is 0 Å². The van der Waals surface area contributed by atoms with Gasteiger partial charge < -0.3 is 15.0 Å². The van der Waals surface area contributed by atoms with Gasteiger partial charge in [-0.1, -0.05) is 57.5 Å². The number of carbonyl (C=O) groups excluding carboxylic acids is 1. The Hall–Kier alpha value is -4.13. The second kappa shape index (κ2) is 12.5. The molecule has 5 heterocycles. The smallest absolute Gasteiger partial charge is 0.161 e. The summed E-state index contributed by atoms with van der Waals surface area (Å²) in [5.74, 6) is -0.103. The zero-order chi connectivity index (χ0) is 31.9. The number of nitrogens with one attached hydrogen (secondary N) is 3. The normalized spacial score (nSPS) is 12.7. The number of H-pyrrole nitrogens is 3. The Morgan fingerprint density at radius 1 is 0.750 bits per heavy atom. The van der Waals surface area contributed by atoms with Gasteiger partial charge in [0.25, 0.3) is 0 Å².